The van der Waals surface area contributed by atoms with E-state index in [1.807, 2.05) is 0 Å². The largest absolute Gasteiger partial charge is 0.341 e. The molecule has 4 rings (SSSR count). The maximum absolute atomic E-state index is 13.2. The Morgan fingerprint density at radius 2 is 1.83 bits per heavy atom. The molecule has 0 spiro atoms. The highest BCUT2D eigenvalue weighted by Crippen LogP contribution is 2.43. The Bertz CT molecular complexity index is 591. The number of nitrogens with zero attached hydrogens (tertiary/aromatic N) is 2. The van der Waals surface area contributed by atoms with Gasteiger partial charge >= 0.3 is 0 Å². The first kappa shape index (κ1) is 14.9. The van der Waals surface area contributed by atoms with Crippen molar-refractivity contribution in [3.63, 3.8) is 0 Å². The second-order valence-corrected chi connectivity index (χ2v) is 7.22. The van der Waals surface area contributed by atoms with Crippen molar-refractivity contribution in [1.82, 2.24) is 9.80 Å². The first-order valence-corrected chi connectivity index (χ1v) is 9.05. The molecular formula is C20H26N2O. The number of carbonyl (C=O) groups is 1. The maximum atomic E-state index is 13.2. The highest BCUT2D eigenvalue weighted by atomic mass is 16.2. The zero-order valence-electron chi connectivity index (χ0n) is 13.9. The van der Waals surface area contributed by atoms with Crippen molar-refractivity contribution in [2.75, 3.05) is 13.1 Å². The van der Waals surface area contributed by atoms with E-state index in [1.54, 1.807) is 0 Å². The van der Waals surface area contributed by atoms with Crippen LogP contribution in [0.5, 0.6) is 0 Å². The summed E-state index contributed by atoms with van der Waals surface area (Å²) in [5, 5.41) is 0. The van der Waals surface area contributed by atoms with Crippen LogP contribution in [-0.4, -0.2) is 40.9 Å². The van der Waals surface area contributed by atoms with Crippen molar-refractivity contribution in [1.29, 1.82) is 0 Å². The number of likely N-dealkylation sites (tertiary alicyclic amines) is 2. The van der Waals surface area contributed by atoms with Gasteiger partial charge in [0.2, 0.25) is 5.91 Å². The predicted molar refractivity (Wildman–Crippen MR) is 92.0 cm³/mol. The van der Waals surface area contributed by atoms with Gasteiger partial charge in [0, 0.05) is 31.1 Å². The fourth-order valence-electron chi connectivity index (χ4n) is 4.63. The van der Waals surface area contributed by atoms with E-state index in [-0.39, 0.29) is 12.1 Å². The van der Waals surface area contributed by atoms with Crippen LogP contribution in [-0.2, 0) is 4.79 Å². The number of benzene rings is 1. The van der Waals surface area contributed by atoms with E-state index in [4.69, 9.17) is 0 Å². The number of hydrogen-bond donors (Lipinski definition) is 0. The van der Waals surface area contributed by atoms with Crippen molar-refractivity contribution in [2.45, 2.75) is 50.7 Å². The standard InChI is InChI=1S/C20H26N2O/c1-15(16-8-4-2-5-9-16)22-18-11-10-17(14-18)19(22)20(23)21-12-6-3-7-13-21/h2,4-5,8-11,15,17-19H,3,6-7,12-14H2,1H3/t15-,17+,18-,19+/m0/s1. The van der Waals surface area contributed by atoms with Gasteiger partial charge in [0.05, 0.1) is 6.04 Å². The van der Waals surface area contributed by atoms with Crippen LogP contribution in [0, 0.1) is 5.92 Å². The lowest BCUT2D eigenvalue weighted by molar-refractivity contribution is -0.139. The predicted octanol–water partition coefficient (Wildman–Crippen LogP) is 3.39. The Morgan fingerprint density at radius 3 is 2.57 bits per heavy atom. The second kappa shape index (κ2) is 6.12. The van der Waals surface area contributed by atoms with Gasteiger partial charge in [-0.25, -0.2) is 0 Å². The first-order chi connectivity index (χ1) is 11.3. The molecule has 1 aromatic carbocycles. The third-order valence-electron chi connectivity index (χ3n) is 5.85. The van der Waals surface area contributed by atoms with Gasteiger partial charge in [-0.2, -0.15) is 0 Å². The molecule has 1 amide bonds. The maximum Gasteiger partial charge on any atom is 0.240 e. The highest BCUT2D eigenvalue weighted by Gasteiger charge is 2.49. The zero-order chi connectivity index (χ0) is 15.8. The van der Waals surface area contributed by atoms with E-state index >= 15 is 0 Å². The summed E-state index contributed by atoms with van der Waals surface area (Å²) in [6.45, 7) is 4.15. The Balaban J connectivity index is 1.59. The van der Waals surface area contributed by atoms with E-state index in [2.05, 4.69) is 59.2 Å². The van der Waals surface area contributed by atoms with Crippen LogP contribution in [0.3, 0.4) is 0 Å². The number of carbonyl (C=O) groups excluding carboxylic acids is 1. The monoisotopic (exact) mass is 310 g/mol. The van der Waals surface area contributed by atoms with E-state index in [0.717, 1.165) is 32.4 Å². The summed E-state index contributed by atoms with van der Waals surface area (Å²) in [6, 6.07) is 11.4. The van der Waals surface area contributed by atoms with E-state index in [0.29, 0.717) is 17.9 Å². The van der Waals surface area contributed by atoms with Gasteiger partial charge in [-0.3, -0.25) is 9.69 Å². The van der Waals surface area contributed by atoms with E-state index in [9.17, 15) is 4.79 Å². The third-order valence-corrected chi connectivity index (χ3v) is 5.85. The molecule has 122 valence electrons. The fourth-order valence-corrected chi connectivity index (χ4v) is 4.63. The van der Waals surface area contributed by atoms with Gasteiger partial charge < -0.3 is 4.90 Å². The molecular weight excluding hydrogens is 284 g/mol. The minimum Gasteiger partial charge on any atom is -0.341 e. The molecule has 2 bridgehead atoms. The molecule has 2 fully saturated rings. The Hall–Kier alpha value is -1.61. The number of amides is 1. The number of piperidine rings is 1. The minimum atomic E-state index is 0.0401. The lowest BCUT2D eigenvalue weighted by Gasteiger charge is -2.40. The molecule has 3 heteroatoms. The van der Waals surface area contributed by atoms with Crippen LogP contribution in [0.1, 0.15) is 44.2 Å². The van der Waals surface area contributed by atoms with Gasteiger partial charge in [-0.1, -0.05) is 42.5 Å². The molecule has 0 unspecified atom stereocenters. The molecule has 0 radical (unpaired) electrons. The second-order valence-electron chi connectivity index (χ2n) is 7.22. The summed E-state index contributed by atoms with van der Waals surface area (Å²) in [5.41, 5.74) is 1.31. The van der Waals surface area contributed by atoms with Crippen LogP contribution in [0.15, 0.2) is 42.5 Å². The molecule has 2 heterocycles. The smallest absolute Gasteiger partial charge is 0.240 e. The molecule has 3 aliphatic rings. The lowest BCUT2D eigenvalue weighted by atomic mass is 9.97. The van der Waals surface area contributed by atoms with Gasteiger partial charge in [0.25, 0.3) is 0 Å². The SMILES string of the molecule is C[C@@H](c1ccccc1)N1[C@H]2C=C[C@H](C2)[C@@H]1C(=O)N1CCCCC1. The average Bonchev–Trinajstić information content (AvgIpc) is 3.23. The fraction of sp³-hybridized carbons (Fsp3) is 0.550. The average molecular weight is 310 g/mol. The quantitative estimate of drug-likeness (QED) is 0.799. The molecule has 4 atom stereocenters. The summed E-state index contributed by atoms with van der Waals surface area (Å²) in [5.74, 6) is 0.768. The summed E-state index contributed by atoms with van der Waals surface area (Å²) in [4.78, 5) is 17.8. The van der Waals surface area contributed by atoms with Gasteiger partial charge in [-0.15, -0.1) is 0 Å². The molecule has 2 saturated heterocycles. The molecule has 0 N–H and O–H groups in total. The van der Waals surface area contributed by atoms with Crippen molar-refractivity contribution in [3.05, 3.63) is 48.0 Å². The van der Waals surface area contributed by atoms with Crippen molar-refractivity contribution >= 4 is 5.91 Å². The van der Waals surface area contributed by atoms with Gasteiger partial charge in [-0.05, 0) is 38.2 Å². The Labute approximate surface area is 139 Å². The summed E-state index contributed by atoms with van der Waals surface area (Å²) in [7, 11) is 0. The van der Waals surface area contributed by atoms with Crippen LogP contribution in [0.25, 0.3) is 0 Å². The van der Waals surface area contributed by atoms with Gasteiger partial charge in [0.1, 0.15) is 0 Å². The van der Waals surface area contributed by atoms with Crippen molar-refractivity contribution in [2.24, 2.45) is 5.92 Å². The summed E-state index contributed by atoms with van der Waals surface area (Å²) >= 11 is 0. The molecule has 1 aliphatic carbocycles. The van der Waals surface area contributed by atoms with Crippen molar-refractivity contribution < 1.29 is 4.79 Å². The molecule has 0 aromatic heterocycles. The Morgan fingerprint density at radius 1 is 1.09 bits per heavy atom. The van der Waals surface area contributed by atoms with Crippen LogP contribution in [0.4, 0.5) is 0 Å². The van der Waals surface area contributed by atoms with Crippen LogP contribution < -0.4 is 0 Å². The van der Waals surface area contributed by atoms with E-state index in [1.165, 1.54) is 12.0 Å². The number of hydrogen-bond acceptors (Lipinski definition) is 2. The van der Waals surface area contributed by atoms with Crippen LogP contribution in [0.2, 0.25) is 0 Å². The highest BCUT2D eigenvalue weighted by molar-refractivity contribution is 5.83. The molecule has 1 aromatic rings. The first-order valence-electron chi connectivity index (χ1n) is 9.05. The minimum absolute atomic E-state index is 0.0401. The summed E-state index contributed by atoms with van der Waals surface area (Å²) in [6.07, 6.45) is 9.30. The van der Waals surface area contributed by atoms with E-state index < -0.39 is 0 Å². The summed E-state index contributed by atoms with van der Waals surface area (Å²) < 4.78 is 0. The molecule has 23 heavy (non-hydrogen) atoms. The zero-order valence-corrected chi connectivity index (χ0v) is 13.9. The van der Waals surface area contributed by atoms with Crippen LogP contribution >= 0.6 is 0 Å². The lowest BCUT2D eigenvalue weighted by Crippen LogP contribution is -2.52. The molecule has 0 saturated carbocycles. The number of fused-ring (bicyclic) bond motifs is 2. The third kappa shape index (κ3) is 2.61. The molecule has 2 aliphatic heterocycles. The molecule has 3 nitrogen and oxygen atoms in total. The van der Waals surface area contributed by atoms with Gasteiger partial charge in [0.15, 0.2) is 0 Å². The normalized spacial score (nSPS) is 31.5. The Kier molecular flexibility index (Phi) is 3.98. The number of rotatable bonds is 3. The van der Waals surface area contributed by atoms with Crippen molar-refractivity contribution in [3.8, 4) is 0 Å². The topological polar surface area (TPSA) is 23.6 Å².